The van der Waals surface area contributed by atoms with Crippen LogP contribution in [0.3, 0.4) is 0 Å². The van der Waals surface area contributed by atoms with Crippen LogP contribution in [-0.2, 0) is 9.53 Å². The number of benzene rings is 1. The van der Waals surface area contributed by atoms with Gasteiger partial charge in [-0.15, -0.1) is 0 Å². The van der Waals surface area contributed by atoms with Gasteiger partial charge in [0, 0.05) is 31.3 Å². The first-order valence-corrected chi connectivity index (χ1v) is 8.71. The summed E-state index contributed by atoms with van der Waals surface area (Å²) in [4.78, 5) is 25.3. The second kappa shape index (κ2) is 7.49. The van der Waals surface area contributed by atoms with Gasteiger partial charge in [-0.3, -0.25) is 9.69 Å². The Hall–Kier alpha value is -3.50. The molecular weight excluding hydrogens is 393 g/mol. The number of hydrogen-bond donors (Lipinski definition) is 1. The number of anilines is 3. The van der Waals surface area contributed by atoms with Gasteiger partial charge in [0.1, 0.15) is 18.1 Å². The summed E-state index contributed by atoms with van der Waals surface area (Å²) in [5.41, 5.74) is -1.18. The minimum Gasteiger partial charge on any atom is -0.442 e. The summed E-state index contributed by atoms with van der Waals surface area (Å²) in [6.07, 6.45) is 2.15. The number of amides is 1. The highest BCUT2D eigenvalue weighted by Gasteiger charge is 2.36. The monoisotopic (exact) mass is 408 g/mol. The molecule has 1 aromatic carbocycles. The number of carbonyl (C=O) groups is 2. The van der Waals surface area contributed by atoms with Gasteiger partial charge >= 0.3 is 6.09 Å². The molecule has 0 unspecified atom stereocenters. The molecule has 8 nitrogen and oxygen atoms in total. The van der Waals surface area contributed by atoms with Crippen molar-refractivity contribution in [2.75, 3.05) is 34.8 Å². The van der Waals surface area contributed by atoms with E-state index in [1.54, 1.807) is 6.07 Å². The molecule has 0 bridgehead atoms. The molecule has 1 saturated heterocycles. The van der Waals surface area contributed by atoms with Gasteiger partial charge in [0.05, 0.1) is 18.8 Å². The standard InChI is InChI=1S/C18H15F3N4O4/c19-12-7-13(15(20)16(21)17(12)24-4-1-10(26)2-5-24)25-9-11(29-18(25)27)8-22-14-3-6-28-23-14/h1,3-4,6-7,11H,2,5,8-9H2,(H,22,23)/t11-/m0/s1. The second-order valence-corrected chi connectivity index (χ2v) is 6.46. The maximum Gasteiger partial charge on any atom is 0.414 e. The molecule has 1 N–H and O–H groups in total. The number of hydrogen-bond acceptors (Lipinski definition) is 7. The van der Waals surface area contributed by atoms with Crippen molar-refractivity contribution in [3.8, 4) is 0 Å². The number of carbonyl (C=O) groups excluding carboxylic acids is 2. The van der Waals surface area contributed by atoms with Crippen LogP contribution in [0.5, 0.6) is 0 Å². The summed E-state index contributed by atoms with van der Waals surface area (Å²) in [5.74, 6) is -3.66. The highest BCUT2D eigenvalue weighted by Crippen LogP contribution is 2.35. The molecule has 2 aliphatic rings. The first-order chi connectivity index (χ1) is 13.9. The smallest absolute Gasteiger partial charge is 0.414 e. The number of nitrogens with zero attached hydrogens (tertiary/aromatic N) is 3. The SMILES string of the molecule is O=C1C=CN(c2c(F)cc(N3C[C@H](CNc4ccon4)OC3=O)c(F)c2F)CC1. The van der Waals surface area contributed by atoms with Crippen LogP contribution in [-0.4, -0.2) is 42.8 Å². The van der Waals surface area contributed by atoms with Gasteiger partial charge in [0.2, 0.25) is 0 Å². The Bertz CT molecular complexity index is 980. The van der Waals surface area contributed by atoms with Crippen molar-refractivity contribution in [3.63, 3.8) is 0 Å². The van der Waals surface area contributed by atoms with Gasteiger partial charge in [-0.05, 0) is 6.08 Å². The molecular formula is C18H15F3N4O4. The Labute approximate surface area is 162 Å². The van der Waals surface area contributed by atoms with Crippen LogP contribution in [0.25, 0.3) is 0 Å². The number of nitrogens with one attached hydrogen (secondary N) is 1. The Morgan fingerprint density at radius 2 is 2.07 bits per heavy atom. The van der Waals surface area contributed by atoms with Crippen LogP contribution in [0.15, 0.2) is 35.2 Å². The molecule has 29 heavy (non-hydrogen) atoms. The molecule has 1 amide bonds. The van der Waals surface area contributed by atoms with E-state index in [1.807, 2.05) is 0 Å². The molecule has 1 fully saturated rings. The van der Waals surface area contributed by atoms with Crippen molar-refractivity contribution in [3.05, 3.63) is 48.1 Å². The highest BCUT2D eigenvalue weighted by atomic mass is 19.2. The van der Waals surface area contributed by atoms with E-state index >= 15 is 0 Å². The molecule has 0 aliphatic carbocycles. The molecule has 1 atom stereocenters. The van der Waals surface area contributed by atoms with Crippen LogP contribution in [0, 0.1) is 17.5 Å². The van der Waals surface area contributed by atoms with Crippen LogP contribution in [0.2, 0.25) is 0 Å². The number of allylic oxidation sites excluding steroid dienone is 1. The van der Waals surface area contributed by atoms with Crippen molar-refractivity contribution in [1.29, 1.82) is 0 Å². The van der Waals surface area contributed by atoms with Crippen molar-refractivity contribution in [2.24, 2.45) is 0 Å². The lowest BCUT2D eigenvalue weighted by Gasteiger charge is -2.25. The first-order valence-electron chi connectivity index (χ1n) is 8.71. The zero-order valence-corrected chi connectivity index (χ0v) is 14.9. The van der Waals surface area contributed by atoms with E-state index in [4.69, 9.17) is 4.74 Å². The Kier molecular flexibility index (Phi) is 4.87. The Morgan fingerprint density at radius 1 is 1.24 bits per heavy atom. The molecule has 11 heteroatoms. The lowest BCUT2D eigenvalue weighted by Crippen LogP contribution is -2.30. The van der Waals surface area contributed by atoms with Gasteiger partial charge in [-0.2, -0.15) is 0 Å². The normalized spacial score (nSPS) is 19.1. The molecule has 4 rings (SSSR count). The topological polar surface area (TPSA) is 87.9 Å². The summed E-state index contributed by atoms with van der Waals surface area (Å²) >= 11 is 0. The number of rotatable bonds is 5. The summed E-state index contributed by atoms with van der Waals surface area (Å²) in [7, 11) is 0. The van der Waals surface area contributed by atoms with Gasteiger partial charge in [-0.1, -0.05) is 5.16 Å². The van der Waals surface area contributed by atoms with E-state index in [9.17, 15) is 22.8 Å². The summed E-state index contributed by atoms with van der Waals surface area (Å²) < 4.78 is 53.7. The first kappa shape index (κ1) is 18.8. The van der Waals surface area contributed by atoms with Crippen LogP contribution in [0.1, 0.15) is 6.42 Å². The van der Waals surface area contributed by atoms with Gasteiger partial charge in [-0.25, -0.2) is 18.0 Å². The highest BCUT2D eigenvalue weighted by molar-refractivity contribution is 5.92. The Morgan fingerprint density at radius 3 is 2.76 bits per heavy atom. The quantitative estimate of drug-likeness (QED) is 0.761. The predicted molar refractivity (Wildman–Crippen MR) is 95.0 cm³/mol. The average molecular weight is 408 g/mol. The maximum absolute atomic E-state index is 14.7. The number of ketones is 1. The third-order valence-corrected chi connectivity index (χ3v) is 4.56. The van der Waals surface area contributed by atoms with Crippen LogP contribution < -0.4 is 15.1 Å². The van der Waals surface area contributed by atoms with Crippen molar-refractivity contribution in [2.45, 2.75) is 12.5 Å². The zero-order valence-electron chi connectivity index (χ0n) is 14.9. The number of cyclic esters (lactones) is 1. The lowest BCUT2D eigenvalue weighted by atomic mass is 10.1. The fourth-order valence-corrected chi connectivity index (χ4v) is 3.13. The number of halogens is 3. The average Bonchev–Trinajstić information content (AvgIpc) is 3.34. The number of ether oxygens (including phenoxy) is 1. The van der Waals surface area contributed by atoms with E-state index in [-0.39, 0.29) is 31.8 Å². The fraction of sp³-hybridized carbons (Fsp3) is 0.278. The van der Waals surface area contributed by atoms with Gasteiger partial charge in [0.25, 0.3) is 0 Å². The minimum atomic E-state index is -1.45. The molecule has 0 radical (unpaired) electrons. The molecule has 0 saturated carbocycles. The Balaban J connectivity index is 1.54. The molecule has 2 aliphatic heterocycles. The zero-order chi connectivity index (χ0) is 20.5. The third kappa shape index (κ3) is 3.62. The summed E-state index contributed by atoms with van der Waals surface area (Å²) in [6, 6.07) is 2.30. The predicted octanol–water partition coefficient (Wildman–Crippen LogP) is 2.82. The van der Waals surface area contributed by atoms with Gasteiger partial charge < -0.3 is 19.5 Å². The molecule has 152 valence electrons. The van der Waals surface area contributed by atoms with E-state index in [0.717, 1.165) is 15.9 Å². The van der Waals surface area contributed by atoms with E-state index in [0.29, 0.717) is 5.82 Å². The van der Waals surface area contributed by atoms with Crippen molar-refractivity contribution < 1.29 is 32.0 Å². The van der Waals surface area contributed by atoms with E-state index < -0.39 is 41.0 Å². The van der Waals surface area contributed by atoms with Crippen molar-refractivity contribution in [1.82, 2.24) is 5.16 Å². The molecule has 1 aromatic heterocycles. The van der Waals surface area contributed by atoms with Gasteiger partial charge in [0.15, 0.2) is 29.1 Å². The third-order valence-electron chi connectivity index (χ3n) is 4.56. The second-order valence-electron chi connectivity index (χ2n) is 6.46. The summed E-state index contributed by atoms with van der Waals surface area (Å²) in [6.45, 7) is 0.0481. The molecule has 3 heterocycles. The van der Waals surface area contributed by atoms with E-state index in [1.165, 1.54) is 18.5 Å². The fourth-order valence-electron chi connectivity index (χ4n) is 3.13. The molecule has 2 aromatic rings. The van der Waals surface area contributed by atoms with Crippen LogP contribution in [0.4, 0.5) is 35.2 Å². The largest absolute Gasteiger partial charge is 0.442 e. The maximum atomic E-state index is 14.7. The van der Waals surface area contributed by atoms with E-state index in [2.05, 4.69) is 15.0 Å². The van der Waals surface area contributed by atoms with Crippen LogP contribution >= 0.6 is 0 Å². The number of aromatic nitrogens is 1. The minimum absolute atomic E-state index is 0.0174. The van der Waals surface area contributed by atoms with Crippen molar-refractivity contribution >= 4 is 29.1 Å². The molecule has 0 spiro atoms. The summed E-state index contributed by atoms with van der Waals surface area (Å²) in [5, 5.41) is 6.50. The lowest BCUT2D eigenvalue weighted by molar-refractivity contribution is -0.114.